The Bertz CT molecular complexity index is 705. The molecule has 1 heterocycles. The molecule has 0 saturated carbocycles. The highest BCUT2D eigenvalue weighted by atomic mass is 79.9. The van der Waals surface area contributed by atoms with Crippen molar-refractivity contribution in [3.05, 3.63) is 70.2 Å². The number of halogens is 1. The van der Waals surface area contributed by atoms with Gasteiger partial charge in [0.1, 0.15) is 6.10 Å². The highest BCUT2D eigenvalue weighted by molar-refractivity contribution is 9.10. The monoisotopic (exact) mass is 403 g/mol. The van der Waals surface area contributed by atoms with Crippen LogP contribution in [0, 0.1) is 0 Å². The van der Waals surface area contributed by atoms with Crippen LogP contribution in [-0.4, -0.2) is 39.9 Å². The summed E-state index contributed by atoms with van der Waals surface area (Å²) in [6.45, 7) is -0.129. The molecule has 0 aromatic heterocycles. The Morgan fingerprint density at radius 2 is 1.76 bits per heavy atom. The first-order valence-electron chi connectivity index (χ1n) is 8.50. The Balaban J connectivity index is 1.90. The molecule has 0 bridgehead atoms. The third kappa shape index (κ3) is 4.55. The second kappa shape index (κ2) is 8.23. The fourth-order valence-corrected chi connectivity index (χ4v) is 3.74. The van der Waals surface area contributed by atoms with Crippen LogP contribution in [-0.2, 0) is 11.2 Å². The minimum Gasteiger partial charge on any atom is -0.385 e. The minimum atomic E-state index is -0.983. The van der Waals surface area contributed by atoms with Gasteiger partial charge in [-0.2, -0.15) is 5.06 Å². The Hall–Kier alpha value is -1.53. The number of nitrogens with zero attached hydrogens (tertiary/aromatic N) is 1. The summed E-state index contributed by atoms with van der Waals surface area (Å²) in [5, 5.41) is 21.5. The highest BCUT2D eigenvalue weighted by Gasteiger charge is 2.34. The van der Waals surface area contributed by atoms with E-state index >= 15 is 0 Å². The van der Waals surface area contributed by atoms with Crippen molar-refractivity contribution < 1.29 is 15.1 Å². The van der Waals surface area contributed by atoms with E-state index in [1.54, 1.807) is 0 Å². The van der Waals surface area contributed by atoms with Crippen LogP contribution >= 0.6 is 15.9 Å². The summed E-state index contributed by atoms with van der Waals surface area (Å²) in [5.74, 6) is -0.286. The van der Waals surface area contributed by atoms with E-state index in [-0.39, 0.29) is 24.3 Å². The molecule has 4 nitrogen and oxygen atoms in total. The predicted molar refractivity (Wildman–Crippen MR) is 99.6 cm³/mol. The van der Waals surface area contributed by atoms with E-state index < -0.39 is 6.10 Å². The summed E-state index contributed by atoms with van der Waals surface area (Å²) < 4.78 is 1.03. The topological polar surface area (TPSA) is 60.8 Å². The van der Waals surface area contributed by atoms with Gasteiger partial charge < -0.3 is 10.3 Å². The van der Waals surface area contributed by atoms with Crippen molar-refractivity contribution in [1.82, 2.24) is 5.06 Å². The number of aliphatic hydroxyl groups is 1. The number of carbonyl (C=O) groups is 1. The van der Waals surface area contributed by atoms with E-state index in [1.807, 2.05) is 30.3 Å². The second-order valence-electron chi connectivity index (χ2n) is 6.57. The molecule has 1 aliphatic heterocycles. The molecule has 1 aliphatic rings. The second-order valence-corrected chi connectivity index (χ2v) is 7.49. The Morgan fingerprint density at radius 3 is 2.44 bits per heavy atom. The molecule has 1 fully saturated rings. The first kappa shape index (κ1) is 18.3. The number of carbonyl (C=O) groups excluding carboxylic acids is 1. The molecule has 3 rings (SSSR count). The number of benzene rings is 2. The minimum absolute atomic E-state index is 0.0328. The van der Waals surface area contributed by atoms with Crippen molar-refractivity contribution in [3.8, 4) is 0 Å². The van der Waals surface area contributed by atoms with Crippen LogP contribution in [0.15, 0.2) is 59.1 Å². The lowest BCUT2D eigenvalue weighted by Gasteiger charge is -2.32. The maximum absolute atomic E-state index is 11.9. The quantitative estimate of drug-likeness (QED) is 0.818. The summed E-state index contributed by atoms with van der Waals surface area (Å²) in [6.07, 6.45) is 0.719. The van der Waals surface area contributed by atoms with Gasteiger partial charge >= 0.3 is 0 Å². The summed E-state index contributed by atoms with van der Waals surface area (Å²) >= 11 is 3.45. The Morgan fingerprint density at radius 1 is 1.08 bits per heavy atom. The number of rotatable bonds is 4. The lowest BCUT2D eigenvalue weighted by molar-refractivity contribution is -0.151. The lowest BCUT2D eigenvalue weighted by atomic mass is 9.83. The van der Waals surface area contributed by atoms with Gasteiger partial charge in [-0.1, -0.05) is 58.4 Å². The maximum atomic E-state index is 11.9. The molecule has 1 saturated heterocycles. The molecule has 25 heavy (non-hydrogen) atoms. The summed E-state index contributed by atoms with van der Waals surface area (Å²) in [5.41, 5.74) is 2.29. The smallest absolute Gasteiger partial charge is 0.177 e. The molecule has 2 aromatic carbocycles. The van der Waals surface area contributed by atoms with Crippen LogP contribution in [0.2, 0.25) is 0 Å². The van der Waals surface area contributed by atoms with Crippen LogP contribution < -0.4 is 0 Å². The fourth-order valence-electron chi connectivity index (χ4n) is 3.48. The average molecular weight is 404 g/mol. The van der Waals surface area contributed by atoms with Gasteiger partial charge in [-0.05, 0) is 42.5 Å². The van der Waals surface area contributed by atoms with Gasteiger partial charge in [-0.15, -0.1) is 0 Å². The Kier molecular flexibility index (Phi) is 6.02. The fraction of sp³-hybridized carbons (Fsp3) is 0.350. The van der Waals surface area contributed by atoms with Gasteiger partial charge in [0, 0.05) is 16.4 Å². The van der Waals surface area contributed by atoms with Crippen LogP contribution in [0.5, 0.6) is 0 Å². The van der Waals surface area contributed by atoms with Gasteiger partial charge in [0.15, 0.2) is 5.78 Å². The molecule has 132 valence electrons. The summed E-state index contributed by atoms with van der Waals surface area (Å²) in [7, 11) is 0. The summed E-state index contributed by atoms with van der Waals surface area (Å²) in [4.78, 5) is 11.9. The molecular weight excluding hydrogens is 382 g/mol. The zero-order valence-corrected chi connectivity index (χ0v) is 15.5. The molecule has 2 aromatic rings. The van der Waals surface area contributed by atoms with E-state index in [4.69, 9.17) is 0 Å². The van der Waals surface area contributed by atoms with Crippen LogP contribution in [0.25, 0.3) is 0 Å². The van der Waals surface area contributed by atoms with Crippen LogP contribution in [0.1, 0.15) is 29.9 Å². The molecule has 0 aliphatic carbocycles. The zero-order valence-electron chi connectivity index (χ0n) is 13.9. The van der Waals surface area contributed by atoms with Crippen molar-refractivity contribution in [2.75, 3.05) is 6.54 Å². The Labute approximate surface area is 156 Å². The summed E-state index contributed by atoms with van der Waals surface area (Å²) in [6, 6.07) is 18.0. The normalized spacial score (nSPS) is 23.2. The standard InChI is InChI=1S/C20H22BrNO3/c21-16-8-6-14(7-9-16)12-17(15-4-2-1-3-5-15)18-10-11-19(23)20(24)13-22(18)25/h1-9,17-19,23,25H,10-13H2/t17-,18?,19?/m1/s1. The van der Waals surface area contributed by atoms with Gasteiger partial charge in [0.05, 0.1) is 6.54 Å². The molecule has 0 amide bonds. The molecule has 0 radical (unpaired) electrons. The third-order valence-corrected chi connectivity index (χ3v) is 5.40. The molecule has 2 unspecified atom stereocenters. The molecular formula is C20H22BrNO3. The van der Waals surface area contributed by atoms with Gasteiger partial charge in [-0.3, -0.25) is 4.79 Å². The van der Waals surface area contributed by atoms with E-state index in [2.05, 4.69) is 40.2 Å². The van der Waals surface area contributed by atoms with Crippen LogP contribution in [0.4, 0.5) is 0 Å². The maximum Gasteiger partial charge on any atom is 0.177 e. The predicted octanol–water partition coefficient (Wildman–Crippen LogP) is 3.56. The van der Waals surface area contributed by atoms with Crippen molar-refractivity contribution in [2.24, 2.45) is 0 Å². The van der Waals surface area contributed by atoms with E-state index in [0.717, 1.165) is 21.5 Å². The van der Waals surface area contributed by atoms with Crippen molar-refractivity contribution in [1.29, 1.82) is 0 Å². The van der Waals surface area contributed by atoms with E-state index in [1.165, 1.54) is 5.56 Å². The number of aliphatic hydroxyl groups excluding tert-OH is 1. The zero-order chi connectivity index (χ0) is 17.8. The molecule has 5 heteroatoms. The van der Waals surface area contributed by atoms with Gasteiger partial charge in [-0.25, -0.2) is 0 Å². The number of hydrogen-bond acceptors (Lipinski definition) is 4. The van der Waals surface area contributed by atoms with Gasteiger partial charge in [0.2, 0.25) is 0 Å². The van der Waals surface area contributed by atoms with Crippen molar-refractivity contribution in [3.63, 3.8) is 0 Å². The number of hydroxylamine groups is 2. The highest BCUT2D eigenvalue weighted by Crippen LogP contribution is 2.32. The van der Waals surface area contributed by atoms with Crippen LogP contribution in [0.3, 0.4) is 0 Å². The number of hydrogen-bond donors (Lipinski definition) is 2. The SMILES string of the molecule is O=C1CN(O)C([C@H](Cc2ccc(Br)cc2)c2ccccc2)CCC1O. The third-order valence-electron chi connectivity index (χ3n) is 4.87. The first-order valence-corrected chi connectivity index (χ1v) is 9.29. The number of Topliss-reactive ketones (excluding diaryl/α,β-unsaturated/α-hetero) is 1. The van der Waals surface area contributed by atoms with E-state index in [0.29, 0.717) is 12.8 Å². The number of ketones is 1. The lowest BCUT2D eigenvalue weighted by Crippen LogP contribution is -2.40. The van der Waals surface area contributed by atoms with E-state index in [9.17, 15) is 15.1 Å². The largest absolute Gasteiger partial charge is 0.385 e. The molecule has 2 N–H and O–H groups in total. The van der Waals surface area contributed by atoms with Gasteiger partial charge in [0.25, 0.3) is 0 Å². The molecule has 3 atom stereocenters. The molecule has 0 spiro atoms. The average Bonchev–Trinajstić information content (AvgIpc) is 2.74. The first-order chi connectivity index (χ1) is 12.0. The van der Waals surface area contributed by atoms with Crippen molar-refractivity contribution in [2.45, 2.75) is 37.3 Å². The van der Waals surface area contributed by atoms with Crippen molar-refractivity contribution >= 4 is 21.7 Å².